The zero-order valence-corrected chi connectivity index (χ0v) is 19.9. The van der Waals surface area contributed by atoms with Crippen LogP contribution in [0.1, 0.15) is 37.3 Å². The van der Waals surface area contributed by atoms with Crippen molar-refractivity contribution in [1.29, 1.82) is 0 Å². The summed E-state index contributed by atoms with van der Waals surface area (Å²) in [4.78, 5) is 15.8. The normalized spacial score (nSPS) is 25.1. The average Bonchev–Trinajstić information content (AvgIpc) is 3.55. The maximum Gasteiger partial charge on any atom is 0.274 e. The van der Waals surface area contributed by atoms with Crippen LogP contribution in [0.5, 0.6) is 0 Å². The topological polar surface area (TPSA) is 103 Å². The number of alkyl halides is 2. The van der Waals surface area contributed by atoms with Crippen molar-refractivity contribution in [2.75, 3.05) is 55.7 Å². The Bertz CT molecular complexity index is 1230. The molecule has 0 atom stereocenters. The summed E-state index contributed by atoms with van der Waals surface area (Å²) in [5, 5.41) is 7.14. The van der Waals surface area contributed by atoms with Gasteiger partial charge in [-0.25, -0.2) is 36.5 Å². The fraction of sp³-hybridized carbons (Fsp3) is 0.682. The van der Waals surface area contributed by atoms with E-state index in [2.05, 4.69) is 15.6 Å². The molecule has 3 aliphatic heterocycles. The predicted molar refractivity (Wildman–Crippen MR) is 125 cm³/mol. The number of hydrogen-bond donors (Lipinski definition) is 2. The Kier molecular flexibility index (Phi) is 5.02. The number of rotatable bonds is 5. The molecule has 184 valence electrons. The second kappa shape index (κ2) is 7.66. The van der Waals surface area contributed by atoms with Gasteiger partial charge < -0.3 is 15.5 Å². The highest BCUT2D eigenvalue weighted by Crippen LogP contribution is 2.49. The van der Waals surface area contributed by atoms with Crippen LogP contribution in [0, 0.1) is 5.41 Å². The van der Waals surface area contributed by atoms with E-state index in [0.717, 1.165) is 23.9 Å². The van der Waals surface area contributed by atoms with Crippen LogP contribution in [0.4, 0.5) is 20.5 Å². The number of pyridine rings is 1. The van der Waals surface area contributed by atoms with Crippen molar-refractivity contribution in [3.63, 3.8) is 0 Å². The highest BCUT2D eigenvalue weighted by molar-refractivity contribution is 7.88. The Balaban J connectivity index is 1.29. The molecule has 0 radical (unpaired) electrons. The monoisotopic (exact) mass is 493 g/mol. The lowest BCUT2D eigenvalue weighted by Crippen LogP contribution is -2.62. The molecular formula is C22H29F2N7O2S. The summed E-state index contributed by atoms with van der Waals surface area (Å²) in [6, 6.07) is 2.03. The van der Waals surface area contributed by atoms with E-state index >= 15 is 0 Å². The van der Waals surface area contributed by atoms with Crippen LogP contribution in [0.2, 0.25) is 0 Å². The molecular weight excluding hydrogens is 464 g/mol. The molecule has 1 saturated carbocycles. The molecule has 9 nitrogen and oxygen atoms in total. The van der Waals surface area contributed by atoms with E-state index in [0.29, 0.717) is 62.2 Å². The van der Waals surface area contributed by atoms with Gasteiger partial charge >= 0.3 is 0 Å². The van der Waals surface area contributed by atoms with Crippen LogP contribution < -0.4 is 15.5 Å². The van der Waals surface area contributed by atoms with Gasteiger partial charge in [-0.1, -0.05) is 0 Å². The number of halogens is 2. The molecule has 0 unspecified atom stereocenters. The third-order valence-electron chi connectivity index (χ3n) is 7.70. The first-order valence-electron chi connectivity index (χ1n) is 11.9. The Morgan fingerprint density at radius 2 is 1.85 bits per heavy atom. The van der Waals surface area contributed by atoms with Crippen LogP contribution in [-0.2, 0) is 10.0 Å². The SMILES string of the molecule is CS(=O)(=O)N1CCC(Nc2ncc3cc(C4CC4)nc(N4CC(F)(F)C5(CNC5)C4)c3n2)CC1. The lowest BCUT2D eigenvalue weighted by molar-refractivity contribution is -0.107. The summed E-state index contributed by atoms with van der Waals surface area (Å²) in [6.07, 6.45) is 6.39. The van der Waals surface area contributed by atoms with Gasteiger partial charge in [0.25, 0.3) is 5.92 Å². The molecule has 2 aromatic heterocycles. The van der Waals surface area contributed by atoms with Gasteiger partial charge in [-0.2, -0.15) is 0 Å². The molecule has 0 amide bonds. The number of aromatic nitrogens is 3. The van der Waals surface area contributed by atoms with E-state index in [9.17, 15) is 17.2 Å². The summed E-state index contributed by atoms with van der Waals surface area (Å²) in [6.45, 7) is 1.40. The number of piperidine rings is 1. The third-order valence-corrected chi connectivity index (χ3v) is 9.01. The minimum atomic E-state index is -3.19. The summed E-state index contributed by atoms with van der Waals surface area (Å²) in [7, 11) is -3.19. The Morgan fingerprint density at radius 1 is 1.12 bits per heavy atom. The second-order valence-electron chi connectivity index (χ2n) is 10.3. The standard InChI is InChI=1S/C22H29F2N7O2S/c1-34(32,33)31-6-4-16(5-7-31)27-20-26-9-15-8-17(14-2-3-14)28-19(18(15)29-20)30-12-21(10-25-11-21)22(23,24)13-30/h8-9,14,16,25H,2-7,10-13H2,1H3,(H,26,27,29). The van der Waals surface area contributed by atoms with Crippen LogP contribution in [-0.4, -0.2) is 85.2 Å². The minimum Gasteiger partial charge on any atom is -0.351 e. The quantitative estimate of drug-likeness (QED) is 0.650. The number of fused-ring (bicyclic) bond motifs is 1. The van der Waals surface area contributed by atoms with Gasteiger partial charge in [0, 0.05) is 62.0 Å². The van der Waals surface area contributed by atoms with E-state index in [-0.39, 0.29) is 19.1 Å². The molecule has 2 N–H and O–H groups in total. The van der Waals surface area contributed by atoms with Gasteiger partial charge in [-0.05, 0) is 31.7 Å². The van der Waals surface area contributed by atoms with Gasteiger partial charge in [0.15, 0.2) is 5.82 Å². The first kappa shape index (κ1) is 22.3. The van der Waals surface area contributed by atoms with Crippen molar-refractivity contribution in [3.8, 4) is 0 Å². The lowest BCUT2D eigenvalue weighted by Gasteiger charge is -2.42. The molecule has 0 bridgehead atoms. The minimum absolute atomic E-state index is 0.0398. The zero-order chi connectivity index (χ0) is 23.7. The van der Waals surface area contributed by atoms with Gasteiger partial charge in [0.05, 0.1) is 18.2 Å². The number of nitrogens with zero attached hydrogens (tertiary/aromatic N) is 5. The molecule has 4 fully saturated rings. The lowest BCUT2D eigenvalue weighted by atomic mass is 9.78. The molecule has 3 saturated heterocycles. The summed E-state index contributed by atoms with van der Waals surface area (Å²) in [5.41, 5.74) is 0.463. The van der Waals surface area contributed by atoms with Crippen molar-refractivity contribution in [2.45, 2.75) is 43.6 Å². The Labute approximate surface area is 197 Å². The summed E-state index contributed by atoms with van der Waals surface area (Å²) < 4.78 is 54.9. The number of nitrogens with one attached hydrogen (secondary N) is 2. The summed E-state index contributed by atoms with van der Waals surface area (Å²) >= 11 is 0. The zero-order valence-electron chi connectivity index (χ0n) is 19.1. The number of sulfonamides is 1. The largest absolute Gasteiger partial charge is 0.351 e. The third kappa shape index (κ3) is 3.79. The molecule has 12 heteroatoms. The molecule has 2 aromatic rings. The van der Waals surface area contributed by atoms with Gasteiger partial charge in [0.1, 0.15) is 5.52 Å². The molecule has 0 aromatic carbocycles. The molecule has 5 heterocycles. The smallest absolute Gasteiger partial charge is 0.274 e. The predicted octanol–water partition coefficient (Wildman–Crippen LogP) is 1.78. The molecule has 6 rings (SSSR count). The highest BCUT2D eigenvalue weighted by atomic mass is 32.2. The Hall–Kier alpha value is -2.18. The van der Waals surface area contributed by atoms with Gasteiger partial charge in [0.2, 0.25) is 16.0 Å². The van der Waals surface area contributed by atoms with Crippen molar-refractivity contribution < 1.29 is 17.2 Å². The van der Waals surface area contributed by atoms with Crippen molar-refractivity contribution in [3.05, 3.63) is 18.0 Å². The maximum absolute atomic E-state index is 15.0. The molecule has 1 aliphatic carbocycles. The van der Waals surface area contributed by atoms with Crippen molar-refractivity contribution in [1.82, 2.24) is 24.6 Å². The molecule has 4 aliphatic rings. The first-order valence-corrected chi connectivity index (χ1v) is 13.7. The first-order chi connectivity index (χ1) is 16.1. The van der Waals surface area contributed by atoms with E-state index in [4.69, 9.17) is 9.97 Å². The van der Waals surface area contributed by atoms with E-state index < -0.39 is 21.4 Å². The molecule has 34 heavy (non-hydrogen) atoms. The number of anilines is 2. The number of hydrogen-bond acceptors (Lipinski definition) is 8. The average molecular weight is 494 g/mol. The fourth-order valence-corrected chi connectivity index (χ4v) is 6.20. The second-order valence-corrected chi connectivity index (χ2v) is 12.3. The maximum atomic E-state index is 15.0. The van der Waals surface area contributed by atoms with Crippen molar-refractivity contribution >= 4 is 32.7 Å². The van der Waals surface area contributed by atoms with Crippen LogP contribution in [0.25, 0.3) is 10.9 Å². The Morgan fingerprint density at radius 3 is 2.44 bits per heavy atom. The fourth-order valence-electron chi connectivity index (χ4n) is 5.33. The van der Waals surface area contributed by atoms with Crippen LogP contribution >= 0.6 is 0 Å². The van der Waals surface area contributed by atoms with E-state index in [1.165, 1.54) is 10.6 Å². The van der Waals surface area contributed by atoms with Gasteiger partial charge in [-0.15, -0.1) is 0 Å². The van der Waals surface area contributed by atoms with Crippen molar-refractivity contribution in [2.24, 2.45) is 5.41 Å². The van der Waals surface area contributed by atoms with Gasteiger partial charge in [-0.3, -0.25) is 0 Å². The summed E-state index contributed by atoms with van der Waals surface area (Å²) in [5.74, 6) is -1.48. The van der Waals surface area contributed by atoms with Crippen LogP contribution in [0.3, 0.4) is 0 Å². The van der Waals surface area contributed by atoms with Crippen LogP contribution in [0.15, 0.2) is 12.3 Å². The van der Waals surface area contributed by atoms with E-state index in [1.54, 1.807) is 11.1 Å². The molecule has 1 spiro atoms. The highest BCUT2D eigenvalue weighted by Gasteiger charge is 2.63. The van der Waals surface area contributed by atoms with E-state index in [1.807, 2.05) is 6.07 Å².